The van der Waals surface area contributed by atoms with Gasteiger partial charge in [0.25, 0.3) is 5.91 Å². The molecule has 3 N–H and O–H groups in total. The van der Waals surface area contributed by atoms with Gasteiger partial charge in [-0.25, -0.2) is 9.37 Å². The smallest absolute Gasteiger partial charge is 0.252 e. The Labute approximate surface area is 186 Å². The molecule has 1 aliphatic heterocycles. The van der Waals surface area contributed by atoms with Crippen LogP contribution < -0.4 is 10.6 Å². The third kappa shape index (κ3) is 2.93. The highest BCUT2D eigenvalue weighted by atomic mass is 19.1. The summed E-state index contributed by atoms with van der Waals surface area (Å²) < 4.78 is 22.8. The van der Waals surface area contributed by atoms with Crippen LogP contribution in [0.3, 0.4) is 0 Å². The highest BCUT2D eigenvalue weighted by molar-refractivity contribution is 6.04. The van der Waals surface area contributed by atoms with Crippen molar-refractivity contribution in [3.63, 3.8) is 0 Å². The number of pyridine rings is 1. The second-order valence-electron chi connectivity index (χ2n) is 9.89. The predicted molar refractivity (Wildman–Crippen MR) is 121 cm³/mol. The Hall–Kier alpha value is -2.71. The molecule has 32 heavy (non-hydrogen) atoms. The maximum atomic E-state index is 15.4. The molecular formula is C24H29FN4O3. The minimum absolute atomic E-state index is 0.0528. The van der Waals surface area contributed by atoms with E-state index < -0.39 is 17.7 Å². The van der Waals surface area contributed by atoms with Gasteiger partial charge in [-0.2, -0.15) is 0 Å². The first-order valence-electron chi connectivity index (χ1n) is 11.0. The molecule has 0 radical (unpaired) electrons. The quantitative estimate of drug-likeness (QED) is 0.651. The average molecular weight is 441 g/mol. The molecule has 1 fully saturated rings. The lowest BCUT2D eigenvalue weighted by atomic mass is 9.89. The van der Waals surface area contributed by atoms with Crippen molar-refractivity contribution in [2.24, 2.45) is 11.1 Å². The van der Waals surface area contributed by atoms with Gasteiger partial charge in [-0.15, -0.1) is 0 Å². The van der Waals surface area contributed by atoms with Crippen LogP contribution in [0.5, 0.6) is 0 Å². The largest absolute Gasteiger partial charge is 0.393 e. The molecule has 7 nitrogen and oxygen atoms in total. The molecule has 2 aliphatic rings. The zero-order chi connectivity index (χ0) is 22.8. The Balaban J connectivity index is 1.80. The molecule has 170 valence electrons. The molecular weight excluding hydrogens is 411 g/mol. The number of hydrogen-bond donors (Lipinski definition) is 2. The number of halogens is 1. The average Bonchev–Trinajstić information content (AvgIpc) is 3.27. The fraction of sp³-hybridized carbons (Fsp3) is 0.500. The third-order valence-electron chi connectivity index (χ3n) is 7.22. The van der Waals surface area contributed by atoms with E-state index in [1.807, 2.05) is 33.6 Å². The summed E-state index contributed by atoms with van der Waals surface area (Å²) in [5.74, 6) is 0.371. The van der Waals surface area contributed by atoms with Gasteiger partial charge in [0.1, 0.15) is 17.6 Å². The van der Waals surface area contributed by atoms with Crippen LogP contribution in [0.4, 0.5) is 10.2 Å². The lowest BCUT2D eigenvalue weighted by Gasteiger charge is -2.43. The highest BCUT2D eigenvalue weighted by Gasteiger charge is 2.46. The lowest BCUT2D eigenvalue weighted by molar-refractivity contribution is -0.112. The van der Waals surface area contributed by atoms with Crippen LogP contribution >= 0.6 is 0 Å². The van der Waals surface area contributed by atoms with Gasteiger partial charge in [-0.3, -0.25) is 9.20 Å². The first kappa shape index (κ1) is 21.2. The minimum atomic E-state index is -1.36. The van der Waals surface area contributed by atoms with Crippen LogP contribution in [-0.2, 0) is 17.6 Å². The summed E-state index contributed by atoms with van der Waals surface area (Å²) in [6.07, 6.45) is 0.449. The topological polar surface area (TPSA) is 93.1 Å². The summed E-state index contributed by atoms with van der Waals surface area (Å²) in [5.41, 5.74) is 9.17. The summed E-state index contributed by atoms with van der Waals surface area (Å²) in [7, 11) is 1.45. The summed E-state index contributed by atoms with van der Waals surface area (Å²) in [6, 6.07) is 7.70. The molecule has 0 saturated carbocycles. The molecule has 1 aliphatic carbocycles. The van der Waals surface area contributed by atoms with Gasteiger partial charge in [0.2, 0.25) is 0 Å². The second-order valence-corrected chi connectivity index (χ2v) is 9.89. The summed E-state index contributed by atoms with van der Waals surface area (Å²) in [4.78, 5) is 19.4. The molecule has 0 unspecified atom stereocenters. The number of methoxy groups -OCH3 is 1. The Morgan fingerprint density at radius 3 is 2.69 bits per heavy atom. The number of aliphatic hydroxyl groups is 1. The molecule has 0 bridgehead atoms. The summed E-state index contributed by atoms with van der Waals surface area (Å²) in [5, 5.41) is 9.82. The van der Waals surface area contributed by atoms with Gasteiger partial charge in [0.15, 0.2) is 5.65 Å². The van der Waals surface area contributed by atoms with Gasteiger partial charge in [-0.05, 0) is 47.9 Å². The Morgan fingerprint density at radius 2 is 2.03 bits per heavy atom. The number of rotatable bonds is 4. The molecule has 1 amide bonds. The monoisotopic (exact) mass is 440 g/mol. The van der Waals surface area contributed by atoms with E-state index in [1.54, 1.807) is 0 Å². The SMILES string of the molecule is CO[C@]1(CO)CCN(c2c3c(c(C(N)=O)c4nc5ccccc5n24)CC(C)(C)C3)C[C@H]1F. The fourth-order valence-electron chi connectivity index (χ4n) is 5.55. The number of para-hydroxylation sites is 2. The molecule has 2 atom stereocenters. The van der Waals surface area contributed by atoms with Crippen LogP contribution in [0.25, 0.3) is 16.7 Å². The minimum Gasteiger partial charge on any atom is -0.393 e. The van der Waals surface area contributed by atoms with Crippen molar-refractivity contribution < 1.29 is 19.0 Å². The third-order valence-corrected chi connectivity index (χ3v) is 7.22. The molecule has 1 aromatic carbocycles. The number of carbonyl (C=O) groups excluding carboxylic acids is 1. The van der Waals surface area contributed by atoms with Gasteiger partial charge in [0.05, 0.1) is 29.7 Å². The van der Waals surface area contributed by atoms with E-state index in [2.05, 4.69) is 13.8 Å². The summed E-state index contributed by atoms with van der Waals surface area (Å²) >= 11 is 0. The number of aliphatic hydroxyl groups excluding tert-OH is 1. The van der Waals surface area contributed by atoms with Crippen molar-refractivity contribution in [3.05, 3.63) is 41.0 Å². The molecule has 3 heterocycles. The number of carbonyl (C=O) groups is 1. The number of primary amides is 1. The molecule has 1 saturated heterocycles. The number of aromatic nitrogens is 2. The number of benzene rings is 1. The fourth-order valence-corrected chi connectivity index (χ4v) is 5.55. The molecule has 5 rings (SSSR count). The van der Waals surface area contributed by atoms with Crippen LogP contribution in [0.15, 0.2) is 24.3 Å². The Kier molecular flexibility index (Phi) is 4.73. The van der Waals surface area contributed by atoms with E-state index in [-0.39, 0.29) is 18.6 Å². The zero-order valence-corrected chi connectivity index (χ0v) is 18.7. The number of hydrogen-bond acceptors (Lipinski definition) is 5. The van der Waals surface area contributed by atoms with Crippen molar-refractivity contribution >= 4 is 28.4 Å². The van der Waals surface area contributed by atoms with Crippen molar-refractivity contribution in [2.75, 3.05) is 31.7 Å². The van der Waals surface area contributed by atoms with Gasteiger partial charge in [0, 0.05) is 13.7 Å². The van der Waals surface area contributed by atoms with E-state index in [0.29, 0.717) is 30.6 Å². The normalized spacial score (nSPS) is 24.9. The van der Waals surface area contributed by atoms with Crippen LogP contribution in [0.1, 0.15) is 41.8 Å². The predicted octanol–water partition coefficient (Wildman–Crippen LogP) is 2.64. The maximum absolute atomic E-state index is 15.4. The number of nitrogens with two attached hydrogens (primary N) is 1. The number of piperidine rings is 1. The standard InChI is InChI=1S/C24H29FN4O3/c1-23(2)10-14-15(11-23)22(28-9-8-24(13-30,32-3)18(25)12-28)29-17-7-5-4-6-16(17)27-21(29)19(14)20(26)31/h4-7,18,30H,8-13H2,1-3H3,(H2,26,31)/t18-,24+/m1/s1. The highest BCUT2D eigenvalue weighted by Crippen LogP contribution is 2.46. The van der Waals surface area contributed by atoms with E-state index >= 15 is 4.39 Å². The van der Waals surface area contributed by atoms with Crippen molar-refractivity contribution in [3.8, 4) is 0 Å². The Bertz CT molecular complexity index is 1230. The Morgan fingerprint density at radius 1 is 1.31 bits per heavy atom. The van der Waals surface area contributed by atoms with E-state index in [4.69, 9.17) is 15.5 Å². The number of fused-ring (bicyclic) bond motifs is 4. The molecule has 2 aromatic heterocycles. The van der Waals surface area contributed by atoms with Gasteiger partial charge >= 0.3 is 0 Å². The number of anilines is 1. The van der Waals surface area contributed by atoms with E-state index in [9.17, 15) is 9.90 Å². The number of alkyl halides is 1. The number of ether oxygens (including phenoxy) is 1. The maximum Gasteiger partial charge on any atom is 0.252 e. The molecule has 0 spiro atoms. The van der Waals surface area contributed by atoms with Gasteiger partial charge < -0.3 is 20.5 Å². The van der Waals surface area contributed by atoms with E-state index in [0.717, 1.165) is 34.4 Å². The molecule has 8 heteroatoms. The first-order chi connectivity index (χ1) is 15.2. The van der Waals surface area contributed by atoms with Crippen LogP contribution in [0, 0.1) is 5.41 Å². The van der Waals surface area contributed by atoms with E-state index in [1.165, 1.54) is 7.11 Å². The number of amides is 1. The summed E-state index contributed by atoms with van der Waals surface area (Å²) in [6.45, 7) is 4.56. The number of nitrogens with zero attached hydrogens (tertiary/aromatic N) is 3. The first-order valence-corrected chi connectivity index (χ1v) is 11.0. The molecule has 3 aromatic rings. The van der Waals surface area contributed by atoms with Crippen molar-refractivity contribution in [1.82, 2.24) is 9.38 Å². The van der Waals surface area contributed by atoms with Crippen LogP contribution in [0.2, 0.25) is 0 Å². The van der Waals surface area contributed by atoms with Crippen molar-refractivity contribution in [1.29, 1.82) is 0 Å². The van der Waals surface area contributed by atoms with Gasteiger partial charge in [-0.1, -0.05) is 26.0 Å². The lowest BCUT2D eigenvalue weighted by Crippen LogP contribution is -2.57. The van der Waals surface area contributed by atoms with Crippen LogP contribution in [-0.4, -0.2) is 59.0 Å². The van der Waals surface area contributed by atoms with Crippen molar-refractivity contribution in [2.45, 2.75) is 44.9 Å². The second kappa shape index (κ2) is 7.15. The number of imidazole rings is 1. The zero-order valence-electron chi connectivity index (χ0n) is 18.7.